The summed E-state index contributed by atoms with van der Waals surface area (Å²) in [7, 11) is 0. The quantitative estimate of drug-likeness (QED) is 0.156. The first-order valence-corrected chi connectivity index (χ1v) is 15.9. The van der Waals surface area contributed by atoms with Gasteiger partial charge in [0.1, 0.15) is 23.7 Å². The molecule has 3 N–H and O–H groups in total. The number of carbonyl (C=O) groups excluding carboxylic acids is 2. The molecule has 0 spiro atoms. The molecule has 43 heavy (non-hydrogen) atoms. The van der Waals surface area contributed by atoms with Crippen molar-refractivity contribution in [3.8, 4) is 5.75 Å². The van der Waals surface area contributed by atoms with Crippen LogP contribution in [0.5, 0.6) is 5.75 Å². The Balaban J connectivity index is 1.91. The molecule has 0 fully saturated rings. The maximum atomic E-state index is 13.6. The van der Waals surface area contributed by atoms with Gasteiger partial charge in [0.2, 0.25) is 11.8 Å². The van der Waals surface area contributed by atoms with Crippen LogP contribution in [-0.4, -0.2) is 37.0 Å². The summed E-state index contributed by atoms with van der Waals surface area (Å²) in [6.07, 6.45) is 3.45. The zero-order chi connectivity index (χ0) is 31.9. The number of amides is 2. The Kier molecular flexibility index (Phi) is 15.3. The summed E-state index contributed by atoms with van der Waals surface area (Å²) in [5.74, 6) is 1.19. The fourth-order valence-corrected chi connectivity index (χ4v) is 4.72. The van der Waals surface area contributed by atoms with Crippen molar-refractivity contribution < 1.29 is 18.7 Å². The second-order valence-electron chi connectivity index (χ2n) is 12.5. The standard InChI is InChI=1S/C36H54FN3O3/c1-9-14-32(35(41)38-20-13-17-30-16-10-11-19-33(30)43-23-27(7)24(2)3)40-36(42)34(25(4)5)39-28(8)26(6)21-29-15-12-18-31(37)22-29/h10-12,15-16,18-19,22,24-27,32,34,39H,8-9,13-14,17,20-21,23H2,1-7H3,(H,38,41)(H,40,42)/t26-,27-,32+,34-/m1/s1. The van der Waals surface area contributed by atoms with Crippen LogP contribution in [0.1, 0.15) is 78.9 Å². The lowest BCUT2D eigenvalue weighted by Crippen LogP contribution is -2.54. The van der Waals surface area contributed by atoms with Gasteiger partial charge < -0.3 is 20.7 Å². The second kappa shape index (κ2) is 18.3. The number of para-hydroxylation sites is 1. The molecule has 2 rings (SSSR count). The third-order valence-corrected chi connectivity index (χ3v) is 8.06. The molecular weight excluding hydrogens is 541 g/mol. The molecule has 0 aliphatic carbocycles. The number of ether oxygens (including phenoxy) is 1. The molecule has 0 aromatic heterocycles. The Hall–Kier alpha value is -3.35. The van der Waals surface area contributed by atoms with Crippen molar-refractivity contribution in [2.75, 3.05) is 13.2 Å². The molecule has 0 aliphatic rings. The topological polar surface area (TPSA) is 79.5 Å². The van der Waals surface area contributed by atoms with E-state index in [4.69, 9.17) is 4.74 Å². The number of aryl methyl sites for hydroxylation is 1. The molecule has 0 saturated heterocycles. The van der Waals surface area contributed by atoms with E-state index in [1.807, 2.05) is 52.0 Å². The van der Waals surface area contributed by atoms with Crippen molar-refractivity contribution in [1.82, 2.24) is 16.0 Å². The number of carbonyl (C=O) groups is 2. The smallest absolute Gasteiger partial charge is 0.243 e. The summed E-state index contributed by atoms with van der Waals surface area (Å²) in [5.41, 5.74) is 2.71. The molecule has 2 aromatic rings. The first-order valence-electron chi connectivity index (χ1n) is 15.9. The summed E-state index contributed by atoms with van der Waals surface area (Å²) in [6.45, 7) is 19.9. The minimum absolute atomic E-state index is 0.0141. The van der Waals surface area contributed by atoms with E-state index in [1.54, 1.807) is 6.07 Å². The van der Waals surface area contributed by atoms with Gasteiger partial charge >= 0.3 is 0 Å². The fraction of sp³-hybridized carbons (Fsp3) is 0.556. The third kappa shape index (κ3) is 12.4. The molecule has 0 aliphatic heterocycles. The molecule has 2 aromatic carbocycles. The summed E-state index contributed by atoms with van der Waals surface area (Å²) in [6, 6.07) is 13.4. The predicted molar refractivity (Wildman–Crippen MR) is 174 cm³/mol. The number of hydrogen-bond donors (Lipinski definition) is 3. The van der Waals surface area contributed by atoms with E-state index >= 15 is 0 Å². The van der Waals surface area contributed by atoms with Gasteiger partial charge in [0.05, 0.1) is 6.61 Å². The highest BCUT2D eigenvalue weighted by molar-refractivity contribution is 5.90. The average Bonchev–Trinajstić information content (AvgIpc) is 2.96. The summed E-state index contributed by atoms with van der Waals surface area (Å²) in [4.78, 5) is 26.5. The number of halogens is 1. The Labute approximate surface area is 259 Å². The van der Waals surface area contributed by atoms with Crippen molar-refractivity contribution >= 4 is 11.8 Å². The van der Waals surface area contributed by atoms with Crippen LogP contribution >= 0.6 is 0 Å². The molecule has 0 bridgehead atoms. The minimum Gasteiger partial charge on any atom is -0.493 e. The maximum absolute atomic E-state index is 13.6. The van der Waals surface area contributed by atoms with Gasteiger partial charge in [0, 0.05) is 12.2 Å². The van der Waals surface area contributed by atoms with E-state index in [9.17, 15) is 14.0 Å². The molecule has 0 unspecified atom stereocenters. The van der Waals surface area contributed by atoms with Crippen molar-refractivity contribution in [2.24, 2.45) is 23.7 Å². The Morgan fingerprint density at radius 3 is 2.30 bits per heavy atom. The van der Waals surface area contributed by atoms with Crippen LogP contribution in [0.2, 0.25) is 0 Å². The molecule has 0 radical (unpaired) electrons. The van der Waals surface area contributed by atoms with E-state index in [-0.39, 0.29) is 29.5 Å². The van der Waals surface area contributed by atoms with Crippen LogP contribution in [0.25, 0.3) is 0 Å². The van der Waals surface area contributed by atoms with Gasteiger partial charge in [-0.05, 0) is 78.7 Å². The van der Waals surface area contributed by atoms with Crippen molar-refractivity contribution in [1.29, 1.82) is 0 Å². The first kappa shape index (κ1) is 35.8. The maximum Gasteiger partial charge on any atom is 0.243 e. The molecule has 0 heterocycles. The lowest BCUT2D eigenvalue weighted by molar-refractivity contribution is -0.130. The second-order valence-corrected chi connectivity index (χ2v) is 12.5. The molecule has 0 saturated carbocycles. The van der Waals surface area contributed by atoms with Gasteiger partial charge in [-0.15, -0.1) is 0 Å². The summed E-state index contributed by atoms with van der Waals surface area (Å²) in [5, 5.41) is 9.30. The zero-order valence-corrected chi connectivity index (χ0v) is 27.3. The number of nitrogens with one attached hydrogen (secondary N) is 3. The highest BCUT2D eigenvalue weighted by Crippen LogP contribution is 2.22. The third-order valence-electron chi connectivity index (χ3n) is 8.06. The van der Waals surface area contributed by atoms with E-state index < -0.39 is 12.1 Å². The highest BCUT2D eigenvalue weighted by atomic mass is 19.1. The molecule has 4 atom stereocenters. The van der Waals surface area contributed by atoms with Crippen molar-refractivity contribution in [2.45, 2.75) is 92.7 Å². The van der Waals surface area contributed by atoms with Gasteiger partial charge in [-0.1, -0.05) is 91.8 Å². The normalized spacial score (nSPS) is 14.1. The predicted octanol–water partition coefficient (Wildman–Crippen LogP) is 6.84. The van der Waals surface area contributed by atoms with Crippen LogP contribution in [-0.2, 0) is 22.4 Å². The van der Waals surface area contributed by atoms with Crippen LogP contribution < -0.4 is 20.7 Å². The number of benzene rings is 2. The van der Waals surface area contributed by atoms with Crippen LogP contribution in [0.15, 0.2) is 60.8 Å². The molecular formula is C36H54FN3O3. The zero-order valence-electron chi connectivity index (χ0n) is 27.3. The molecule has 2 amide bonds. The Morgan fingerprint density at radius 1 is 0.930 bits per heavy atom. The Morgan fingerprint density at radius 2 is 1.65 bits per heavy atom. The fourth-order valence-electron chi connectivity index (χ4n) is 4.72. The van der Waals surface area contributed by atoms with E-state index in [0.29, 0.717) is 43.5 Å². The van der Waals surface area contributed by atoms with E-state index in [0.717, 1.165) is 36.1 Å². The van der Waals surface area contributed by atoms with Gasteiger partial charge in [-0.25, -0.2) is 4.39 Å². The number of hydrogen-bond acceptors (Lipinski definition) is 4. The lowest BCUT2D eigenvalue weighted by Gasteiger charge is -2.28. The van der Waals surface area contributed by atoms with E-state index in [1.165, 1.54) is 12.1 Å². The van der Waals surface area contributed by atoms with Gasteiger partial charge in [-0.2, -0.15) is 0 Å². The van der Waals surface area contributed by atoms with Crippen molar-refractivity contribution in [3.05, 3.63) is 77.8 Å². The first-order chi connectivity index (χ1) is 20.4. The van der Waals surface area contributed by atoms with Gasteiger partial charge in [0.25, 0.3) is 0 Å². The lowest BCUT2D eigenvalue weighted by atomic mass is 9.96. The monoisotopic (exact) mass is 595 g/mol. The minimum atomic E-state index is -0.619. The molecule has 238 valence electrons. The largest absolute Gasteiger partial charge is 0.493 e. The van der Waals surface area contributed by atoms with Crippen LogP contribution in [0, 0.1) is 29.5 Å². The summed E-state index contributed by atoms with van der Waals surface area (Å²) >= 11 is 0. The molecule has 7 heteroatoms. The number of rotatable bonds is 19. The number of allylic oxidation sites excluding steroid dienone is 1. The van der Waals surface area contributed by atoms with Gasteiger partial charge in [-0.3, -0.25) is 9.59 Å². The van der Waals surface area contributed by atoms with Crippen molar-refractivity contribution in [3.63, 3.8) is 0 Å². The van der Waals surface area contributed by atoms with E-state index in [2.05, 4.69) is 49.4 Å². The average molecular weight is 596 g/mol. The van der Waals surface area contributed by atoms with Crippen LogP contribution in [0.3, 0.4) is 0 Å². The van der Waals surface area contributed by atoms with Crippen LogP contribution in [0.4, 0.5) is 4.39 Å². The highest BCUT2D eigenvalue weighted by Gasteiger charge is 2.28. The van der Waals surface area contributed by atoms with Gasteiger partial charge in [0.15, 0.2) is 0 Å². The summed E-state index contributed by atoms with van der Waals surface area (Å²) < 4.78 is 19.7. The SMILES string of the molecule is C=C(N[C@@H](C(=O)N[C@@H](CCC)C(=O)NCCCc1ccccc1OC[C@@H](C)C(C)C)C(C)C)[C@H](C)Cc1cccc(F)c1. The Bertz CT molecular complexity index is 1170. The molecule has 6 nitrogen and oxygen atoms in total.